The Morgan fingerprint density at radius 1 is 0.793 bits per heavy atom. The third kappa shape index (κ3) is 8.86. The number of carbonyl (C=O) groups excluding carboxylic acids is 1. The molecular weight excluding hydrogens is 364 g/mol. The lowest BCUT2D eigenvalue weighted by molar-refractivity contribution is 0.0734. The van der Waals surface area contributed by atoms with E-state index in [9.17, 15) is 4.79 Å². The molecule has 0 bridgehead atoms. The molecule has 0 atom stereocenters. The summed E-state index contributed by atoms with van der Waals surface area (Å²) < 4.78 is 16.8. The quantitative estimate of drug-likeness (QED) is 0.156. The van der Waals surface area contributed by atoms with Crippen LogP contribution in [0.5, 0.6) is 17.2 Å². The highest BCUT2D eigenvalue weighted by Gasteiger charge is 2.09. The minimum absolute atomic E-state index is 0.391. The lowest BCUT2D eigenvalue weighted by Gasteiger charge is -2.09. The van der Waals surface area contributed by atoms with E-state index < -0.39 is 5.97 Å². The van der Waals surface area contributed by atoms with Gasteiger partial charge in [-0.25, -0.2) is 4.79 Å². The van der Waals surface area contributed by atoms with Crippen molar-refractivity contribution < 1.29 is 19.0 Å². The van der Waals surface area contributed by atoms with Crippen molar-refractivity contribution in [3.05, 3.63) is 66.7 Å². The molecule has 156 valence electrons. The zero-order valence-electron chi connectivity index (χ0n) is 17.4. The van der Waals surface area contributed by atoms with E-state index in [0.717, 1.165) is 37.2 Å². The molecule has 4 heteroatoms. The first-order chi connectivity index (χ1) is 14.2. The fourth-order valence-corrected chi connectivity index (χ4v) is 2.76. The van der Waals surface area contributed by atoms with Crippen LogP contribution in [0.1, 0.15) is 62.2 Å². The number of esters is 1. The van der Waals surface area contributed by atoms with Crippen LogP contribution in [0.4, 0.5) is 0 Å². The van der Waals surface area contributed by atoms with Crippen molar-refractivity contribution >= 4 is 5.97 Å². The van der Waals surface area contributed by atoms with Gasteiger partial charge in [-0.1, -0.05) is 32.3 Å². The molecule has 2 aromatic carbocycles. The van der Waals surface area contributed by atoms with Crippen LogP contribution in [0.3, 0.4) is 0 Å². The normalized spacial score (nSPS) is 10.4. The van der Waals surface area contributed by atoms with Crippen LogP contribution in [0, 0.1) is 0 Å². The SMILES string of the molecule is C=CCCCCOc1ccc(OC(=O)c2ccc(OCCCCCC)cc2)cc1. The summed E-state index contributed by atoms with van der Waals surface area (Å²) in [6.45, 7) is 7.26. The van der Waals surface area contributed by atoms with E-state index in [-0.39, 0.29) is 0 Å². The zero-order chi connectivity index (χ0) is 20.7. The van der Waals surface area contributed by atoms with Gasteiger partial charge in [0.05, 0.1) is 18.8 Å². The van der Waals surface area contributed by atoms with Gasteiger partial charge in [0.25, 0.3) is 0 Å². The highest BCUT2D eigenvalue weighted by atomic mass is 16.5. The van der Waals surface area contributed by atoms with Crippen LogP contribution < -0.4 is 14.2 Å². The second-order valence-corrected chi connectivity index (χ2v) is 6.93. The summed E-state index contributed by atoms with van der Waals surface area (Å²) in [6, 6.07) is 14.2. The number of unbranched alkanes of at least 4 members (excludes halogenated alkanes) is 5. The average Bonchev–Trinajstić information content (AvgIpc) is 2.75. The Kier molecular flexibility index (Phi) is 10.4. The summed E-state index contributed by atoms with van der Waals surface area (Å²) in [5.74, 6) is 1.64. The van der Waals surface area contributed by atoms with Gasteiger partial charge in [-0.15, -0.1) is 6.58 Å². The maximum atomic E-state index is 12.3. The second-order valence-electron chi connectivity index (χ2n) is 6.93. The van der Waals surface area contributed by atoms with E-state index in [1.165, 1.54) is 19.3 Å². The highest BCUT2D eigenvalue weighted by molar-refractivity contribution is 5.91. The minimum atomic E-state index is -0.391. The summed E-state index contributed by atoms with van der Waals surface area (Å²) in [5, 5.41) is 0. The molecule has 0 unspecified atom stereocenters. The molecule has 0 aliphatic carbocycles. The van der Waals surface area contributed by atoms with Crippen LogP contribution >= 0.6 is 0 Å². The van der Waals surface area contributed by atoms with E-state index in [1.54, 1.807) is 36.4 Å². The van der Waals surface area contributed by atoms with Crippen molar-refractivity contribution in [2.75, 3.05) is 13.2 Å². The Hall–Kier alpha value is -2.75. The molecule has 0 heterocycles. The van der Waals surface area contributed by atoms with E-state index in [2.05, 4.69) is 13.5 Å². The molecule has 2 rings (SSSR count). The van der Waals surface area contributed by atoms with Crippen LogP contribution in [0.2, 0.25) is 0 Å². The largest absolute Gasteiger partial charge is 0.494 e. The molecule has 0 aliphatic rings. The molecule has 4 nitrogen and oxygen atoms in total. The van der Waals surface area contributed by atoms with Gasteiger partial charge in [0, 0.05) is 0 Å². The van der Waals surface area contributed by atoms with Crippen molar-refractivity contribution in [2.24, 2.45) is 0 Å². The van der Waals surface area contributed by atoms with E-state index in [4.69, 9.17) is 14.2 Å². The molecule has 0 amide bonds. The summed E-state index contributed by atoms with van der Waals surface area (Å²) in [4.78, 5) is 12.3. The molecule has 0 aliphatic heterocycles. The summed E-state index contributed by atoms with van der Waals surface area (Å²) in [5.41, 5.74) is 0.492. The topological polar surface area (TPSA) is 44.8 Å². The Labute approximate surface area is 174 Å². The molecule has 0 N–H and O–H groups in total. The number of benzene rings is 2. The summed E-state index contributed by atoms with van der Waals surface area (Å²) in [6.07, 6.45) is 9.65. The molecule has 0 fully saturated rings. The zero-order valence-corrected chi connectivity index (χ0v) is 17.4. The van der Waals surface area contributed by atoms with Crippen LogP contribution in [-0.2, 0) is 0 Å². The monoisotopic (exact) mass is 396 g/mol. The Balaban J connectivity index is 1.75. The van der Waals surface area contributed by atoms with Gasteiger partial charge in [0.15, 0.2) is 0 Å². The van der Waals surface area contributed by atoms with E-state index in [0.29, 0.717) is 24.5 Å². The summed E-state index contributed by atoms with van der Waals surface area (Å²) >= 11 is 0. The molecular formula is C25H32O4. The van der Waals surface area contributed by atoms with E-state index >= 15 is 0 Å². The van der Waals surface area contributed by atoms with Crippen LogP contribution in [0.15, 0.2) is 61.2 Å². The fourth-order valence-electron chi connectivity index (χ4n) is 2.76. The van der Waals surface area contributed by atoms with Gasteiger partial charge in [-0.3, -0.25) is 0 Å². The molecule has 0 saturated heterocycles. The summed E-state index contributed by atoms with van der Waals surface area (Å²) in [7, 11) is 0. The molecule has 0 aromatic heterocycles. The number of allylic oxidation sites excluding steroid dienone is 1. The lowest BCUT2D eigenvalue weighted by atomic mass is 10.2. The van der Waals surface area contributed by atoms with Gasteiger partial charge in [-0.2, -0.15) is 0 Å². The molecule has 0 radical (unpaired) electrons. The Morgan fingerprint density at radius 3 is 1.93 bits per heavy atom. The lowest BCUT2D eigenvalue weighted by Crippen LogP contribution is -2.08. The standard InChI is InChI=1S/C25H32O4/c1-3-5-7-9-19-27-22-13-11-21(12-14-22)25(26)29-24-17-15-23(16-18-24)28-20-10-8-6-4-2/h4,11-18H,2-3,5-10,19-20H2,1H3. The van der Waals surface area contributed by atoms with Crippen molar-refractivity contribution in [1.29, 1.82) is 0 Å². The third-order valence-corrected chi connectivity index (χ3v) is 4.46. The van der Waals surface area contributed by atoms with Crippen molar-refractivity contribution in [2.45, 2.75) is 51.9 Å². The number of rotatable bonds is 14. The fraction of sp³-hybridized carbons (Fsp3) is 0.400. The highest BCUT2D eigenvalue weighted by Crippen LogP contribution is 2.20. The van der Waals surface area contributed by atoms with Crippen molar-refractivity contribution in [3.63, 3.8) is 0 Å². The number of carbonyl (C=O) groups is 1. The molecule has 2 aromatic rings. The first kappa shape index (κ1) is 22.5. The van der Waals surface area contributed by atoms with Gasteiger partial charge in [0.1, 0.15) is 17.2 Å². The molecule has 29 heavy (non-hydrogen) atoms. The van der Waals surface area contributed by atoms with Gasteiger partial charge in [0.2, 0.25) is 0 Å². The predicted octanol–water partition coefficient (Wildman–Crippen LogP) is 6.60. The maximum Gasteiger partial charge on any atom is 0.343 e. The second kappa shape index (κ2) is 13.4. The van der Waals surface area contributed by atoms with Crippen molar-refractivity contribution in [3.8, 4) is 17.2 Å². The average molecular weight is 397 g/mol. The predicted molar refractivity (Wildman–Crippen MR) is 117 cm³/mol. The van der Waals surface area contributed by atoms with Crippen LogP contribution in [0.25, 0.3) is 0 Å². The first-order valence-corrected chi connectivity index (χ1v) is 10.5. The smallest absolute Gasteiger partial charge is 0.343 e. The van der Waals surface area contributed by atoms with Gasteiger partial charge < -0.3 is 14.2 Å². The Morgan fingerprint density at radius 2 is 1.34 bits per heavy atom. The molecule has 0 saturated carbocycles. The first-order valence-electron chi connectivity index (χ1n) is 10.5. The van der Waals surface area contributed by atoms with Gasteiger partial charge >= 0.3 is 5.97 Å². The van der Waals surface area contributed by atoms with Crippen molar-refractivity contribution in [1.82, 2.24) is 0 Å². The van der Waals surface area contributed by atoms with E-state index in [1.807, 2.05) is 18.2 Å². The molecule has 0 spiro atoms. The third-order valence-electron chi connectivity index (χ3n) is 4.46. The van der Waals surface area contributed by atoms with Crippen LogP contribution in [-0.4, -0.2) is 19.2 Å². The minimum Gasteiger partial charge on any atom is -0.494 e. The number of hydrogen-bond acceptors (Lipinski definition) is 4. The number of ether oxygens (including phenoxy) is 3. The number of hydrogen-bond donors (Lipinski definition) is 0. The van der Waals surface area contributed by atoms with Gasteiger partial charge in [-0.05, 0) is 74.2 Å². The maximum absolute atomic E-state index is 12.3. The Bertz CT molecular complexity index is 719.